The normalized spacial score (nSPS) is 14.2. The molecule has 1 atom stereocenters. The highest BCUT2D eigenvalue weighted by atomic mass is 35.5. The van der Waals surface area contributed by atoms with Crippen LogP contribution in [0.1, 0.15) is 23.3 Å². The molecule has 108 valence electrons. The Morgan fingerprint density at radius 2 is 1.86 bits per heavy atom. The number of rotatable bonds is 4. The maximum atomic E-state index is 11.2. The number of benzene rings is 2. The second kappa shape index (κ2) is 5.55. The van der Waals surface area contributed by atoms with Crippen LogP contribution < -0.4 is 0 Å². The van der Waals surface area contributed by atoms with Crippen molar-refractivity contribution in [1.29, 1.82) is 0 Å². The number of alkyl halides is 1. The molecule has 1 aromatic heterocycles. The summed E-state index contributed by atoms with van der Waals surface area (Å²) in [7, 11) is 0. The van der Waals surface area contributed by atoms with Gasteiger partial charge in [-0.25, -0.2) is 0 Å². The summed E-state index contributed by atoms with van der Waals surface area (Å²) in [5.41, 5.74) is 1.47. The van der Waals surface area contributed by atoms with Gasteiger partial charge in [-0.05, 0) is 24.1 Å². The highest BCUT2D eigenvalue weighted by molar-refractivity contribution is 6.17. The number of halogens is 1. The third kappa shape index (κ3) is 2.45. The Labute approximate surface area is 129 Å². The maximum Gasteiger partial charge on any atom is 0.148 e. The van der Waals surface area contributed by atoms with Gasteiger partial charge in [0.1, 0.15) is 16.9 Å². The van der Waals surface area contributed by atoms with Crippen molar-refractivity contribution in [1.82, 2.24) is 0 Å². The first kappa shape index (κ1) is 14.2. The molecule has 0 aliphatic heterocycles. The maximum absolute atomic E-state index is 11.2. The first-order chi connectivity index (χ1) is 10.1. The molecular formula is C18H17ClO2. The number of furan rings is 1. The van der Waals surface area contributed by atoms with E-state index >= 15 is 0 Å². The lowest BCUT2D eigenvalue weighted by molar-refractivity contribution is 0.0553. The Morgan fingerprint density at radius 3 is 2.52 bits per heavy atom. The molecule has 3 heteroatoms. The quantitative estimate of drug-likeness (QED) is 0.714. The van der Waals surface area contributed by atoms with Crippen LogP contribution in [0.3, 0.4) is 0 Å². The second-order valence-electron chi connectivity index (χ2n) is 5.27. The molecule has 0 saturated carbocycles. The molecule has 0 amide bonds. The standard InChI is InChI=1S/C18H17ClO2/c1-13-6-5-7-14-12-16(21-17(13)14)18(20,10-11-19)15-8-3-2-4-9-15/h2-9,12,20H,10-11H2,1H3. The van der Waals surface area contributed by atoms with E-state index in [1.54, 1.807) is 0 Å². The largest absolute Gasteiger partial charge is 0.457 e. The Kier molecular flexibility index (Phi) is 3.75. The zero-order valence-electron chi connectivity index (χ0n) is 11.8. The SMILES string of the molecule is Cc1cccc2cc(C(O)(CCCl)c3ccccc3)oc12. The van der Waals surface area contributed by atoms with Crippen LogP contribution in [-0.4, -0.2) is 11.0 Å². The van der Waals surface area contributed by atoms with Gasteiger partial charge in [0.25, 0.3) is 0 Å². The van der Waals surface area contributed by atoms with Gasteiger partial charge in [-0.1, -0.05) is 48.5 Å². The molecule has 21 heavy (non-hydrogen) atoms. The fourth-order valence-electron chi connectivity index (χ4n) is 2.67. The summed E-state index contributed by atoms with van der Waals surface area (Å²) in [5.74, 6) is 0.889. The van der Waals surface area contributed by atoms with Gasteiger partial charge >= 0.3 is 0 Å². The minimum Gasteiger partial charge on any atom is -0.457 e. The Balaban J connectivity index is 2.18. The number of aryl methyl sites for hydroxylation is 1. The van der Waals surface area contributed by atoms with Gasteiger partial charge in [0.2, 0.25) is 0 Å². The minimum atomic E-state index is -1.20. The summed E-state index contributed by atoms with van der Waals surface area (Å²) in [4.78, 5) is 0. The zero-order chi connectivity index (χ0) is 14.9. The average molecular weight is 301 g/mol. The molecule has 3 aromatic rings. The molecule has 2 aromatic carbocycles. The van der Waals surface area contributed by atoms with E-state index in [9.17, 15) is 5.11 Å². The smallest absolute Gasteiger partial charge is 0.148 e. The van der Waals surface area contributed by atoms with E-state index in [0.29, 0.717) is 18.1 Å². The van der Waals surface area contributed by atoms with Crippen LogP contribution in [0.2, 0.25) is 0 Å². The van der Waals surface area contributed by atoms with Gasteiger partial charge in [0.15, 0.2) is 0 Å². The topological polar surface area (TPSA) is 33.4 Å². The van der Waals surface area contributed by atoms with Gasteiger partial charge in [-0.3, -0.25) is 0 Å². The first-order valence-electron chi connectivity index (χ1n) is 6.98. The first-order valence-corrected chi connectivity index (χ1v) is 7.52. The predicted molar refractivity (Wildman–Crippen MR) is 85.7 cm³/mol. The van der Waals surface area contributed by atoms with Crippen LogP contribution in [0.25, 0.3) is 11.0 Å². The lowest BCUT2D eigenvalue weighted by Crippen LogP contribution is -2.27. The highest BCUT2D eigenvalue weighted by Crippen LogP contribution is 2.37. The molecule has 0 saturated heterocycles. The Hall–Kier alpha value is -1.77. The molecular weight excluding hydrogens is 284 g/mol. The molecule has 1 N–H and O–H groups in total. The lowest BCUT2D eigenvalue weighted by atomic mass is 9.88. The molecule has 3 rings (SSSR count). The molecule has 1 heterocycles. The summed E-state index contributed by atoms with van der Waals surface area (Å²) in [6.07, 6.45) is 0.400. The van der Waals surface area contributed by atoms with E-state index in [2.05, 4.69) is 0 Å². The third-order valence-electron chi connectivity index (χ3n) is 3.86. The molecule has 0 radical (unpaired) electrons. The third-order valence-corrected chi connectivity index (χ3v) is 4.05. The van der Waals surface area contributed by atoms with Crippen LogP contribution in [-0.2, 0) is 5.60 Å². The van der Waals surface area contributed by atoms with Gasteiger partial charge < -0.3 is 9.52 Å². The van der Waals surface area contributed by atoms with Crippen molar-refractivity contribution in [3.63, 3.8) is 0 Å². The van der Waals surface area contributed by atoms with Crippen LogP contribution in [0.15, 0.2) is 59.0 Å². The number of hydrogen-bond acceptors (Lipinski definition) is 2. The fraction of sp³-hybridized carbons (Fsp3) is 0.222. The van der Waals surface area contributed by atoms with Crippen LogP contribution in [0.4, 0.5) is 0 Å². The van der Waals surface area contributed by atoms with Crippen LogP contribution in [0.5, 0.6) is 0 Å². The fourth-order valence-corrected chi connectivity index (χ4v) is 2.95. The zero-order valence-corrected chi connectivity index (χ0v) is 12.6. The van der Waals surface area contributed by atoms with E-state index in [-0.39, 0.29) is 0 Å². The summed E-state index contributed by atoms with van der Waals surface area (Å²) in [5, 5.41) is 12.2. The minimum absolute atomic E-state index is 0.349. The van der Waals surface area contributed by atoms with Crippen molar-refractivity contribution in [2.24, 2.45) is 0 Å². The van der Waals surface area contributed by atoms with Crippen LogP contribution in [0, 0.1) is 6.92 Å². The van der Waals surface area contributed by atoms with Crippen molar-refractivity contribution in [3.05, 3.63) is 71.5 Å². The van der Waals surface area contributed by atoms with E-state index in [0.717, 1.165) is 22.1 Å². The predicted octanol–water partition coefficient (Wildman–Crippen LogP) is 4.61. The average Bonchev–Trinajstić information content (AvgIpc) is 2.94. The van der Waals surface area contributed by atoms with Crippen molar-refractivity contribution >= 4 is 22.6 Å². The molecule has 0 bridgehead atoms. The molecule has 0 fully saturated rings. The van der Waals surface area contributed by atoms with Crippen molar-refractivity contribution in [2.45, 2.75) is 18.9 Å². The lowest BCUT2D eigenvalue weighted by Gasteiger charge is -2.25. The number of para-hydroxylation sites is 1. The van der Waals surface area contributed by atoms with Crippen molar-refractivity contribution in [3.8, 4) is 0 Å². The molecule has 0 spiro atoms. The van der Waals surface area contributed by atoms with E-state index < -0.39 is 5.60 Å². The highest BCUT2D eigenvalue weighted by Gasteiger charge is 2.34. The Morgan fingerprint density at radius 1 is 1.10 bits per heavy atom. The summed E-state index contributed by atoms with van der Waals surface area (Å²) >= 11 is 5.91. The van der Waals surface area contributed by atoms with Crippen LogP contribution >= 0.6 is 11.6 Å². The summed E-state index contributed by atoms with van der Waals surface area (Å²) in [6, 6.07) is 17.4. The number of fused-ring (bicyclic) bond motifs is 1. The number of hydrogen-bond donors (Lipinski definition) is 1. The summed E-state index contributed by atoms with van der Waals surface area (Å²) < 4.78 is 5.96. The molecule has 0 aliphatic carbocycles. The second-order valence-corrected chi connectivity index (χ2v) is 5.65. The van der Waals surface area contributed by atoms with Gasteiger partial charge in [-0.2, -0.15) is 0 Å². The monoisotopic (exact) mass is 300 g/mol. The molecule has 2 nitrogen and oxygen atoms in total. The van der Waals surface area contributed by atoms with E-state index in [4.69, 9.17) is 16.0 Å². The van der Waals surface area contributed by atoms with Crippen molar-refractivity contribution < 1.29 is 9.52 Å². The van der Waals surface area contributed by atoms with E-state index in [1.165, 1.54) is 0 Å². The van der Waals surface area contributed by atoms with E-state index in [1.807, 2.05) is 61.5 Å². The Bertz CT molecular complexity index is 748. The van der Waals surface area contributed by atoms with Gasteiger partial charge in [0.05, 0.1) is 0 Å². The van der Waals surface area contributed by atoms with Gasteiger partial charge in [0, 0.05) is 17.7 Å². The summed E-state index contributed by atoms with van der Waals surface area (Å²) in [6.45, 7) is 2.00. The van der Waals surface area contributed by atoms with Gasteiger partial charge in [-0.15, -0.1) is 11.6 Å². The molecule has 0 aliphatic rings. The van der Waals surface area contributed by atoms with Crippen molar-refractivity contribution in [2.75, 3.05) is 5.88 Å². The number of aliphatic hydroxyl groups is 1. The molecule has 1 unspecified atom stereocenters.